The van der Waals surface area contributed by atoms with Gasteiger partial charge in [-0.25, -0.2) is 15.0 Å². The highest BCUT2D eigenvalue weighted by Crippen LogP contribution is 2.26. The molecule has 1 fully saturated rings. The lowest BCUT2D eigenvalue weighted by Gasteiger charge is -2.28. The molecule has 0 radical (unpaired) electrons. The quantitative estimate of drug-likeness (QED) is 0.479. The summed E-state index contributed by atoms with van der Waals surface area (Å²) < 4.78 is 5.11. The van der Waals surface area contributed by atoms with Crippen molar-refractivity contribution >= 4 is 28.2 Å². The zero-order valence-electron chi connectivity index (χ0n) is 15.3. The Hall–Kier alpha value is -2.34. The van der Waals surface area contributed by atoms with Gasteiger partial charge in [-0.2, -0.15) is 0 Å². The number of aliphatic hydroxyl groups is 1. The van der Waals surface area contributed by atoms with Crippen molar-refractivity contribution in [3.8, 4) is 0 Å². The number of aliphatic hydroxyl groups excluding tert-OH is 1. The third-order valence-electron chi connectivity index (χ3n) is 4.68. The van der Waals surface area contributed by atoms with E-state index in [1.54, 1.807) is 6.07 Å². The minimum absolute atomic E-state index is 0.143. The van der Waals surface area contributed by atoms with Gasteiger partial charge in [-0.1, -0.05) is 0 Å². The van der Waals surface area contributed by atoms with Crippen LogP contribution < -0.4 is 16.4 Å². The number of aromatic nitrogens is 3. The van der Waals surface area contributed by atoms with Gasteiger partial charge in [0, 0.05) is 37.1 Å². The summed E-state index contributed by atoms with van der Waals surface area (Å²) in [6.45, 7) is 3.36. The number of rotatable bonds is 7. The largest absolute Gasteiger partial charge is 0.390 e. The van der Waals surface area contributed by atoms with E-state index in [0.717, 1.165) is 18.7 Å². The lowest BCUT2D eigenvalue weighted by atomic mass is 10.1. The van der Waals surface area contributed by atoms with Crippen LogP contribution in [0.1, 0.15) is 21.1 Å². The van der Waals surface area contributed by atoms with Gasteiger partial charge in [0.1, 0.15) is 17.8 Å². The third-order valence-corrected chi connectivity index (χ3v) is 5.67. The maximum absolute atomic E-state index is 12.3. The SMILES string of the molecule is Nc1nc2c(s1)CCN(CC(O)CNC(=O)c1cc(NC3COC3)ncn1)C2. The van der Waals surface area contributed by atoms with Crippen molar-refractivity contribution in [1.29, 1.82) is 0 Å². The highest BCUT2D eigenvalue weighted by atomic mass is 32.1. The average Bonchev–Trinajstić information content (AvgIpc) is 3.02. The van der Waals surface area contributed by atoms with Crippen molar-refractivity contribution in [2.75, 3.05) is 43.9 Å². The van der Waals surface area contributed by atoms with Crippen LogP contribution in [0, 0.1) is 0 Å². The van der Waals surface area contributed by atoms with E-state index in [4.69, 9.17) is 10.5 Å². The molecule has 10 nitrogen and oxygen atoms in total. The van der Waals surface area contributed by atoms with E-state index < -0.39 is 6.10 Å². The molecule has 150 valence electrons. The van der Waals surface area contributed by atoms with Gasteiger partial charge in [-0.3, -0.25) is 9.69 Å². The first kappa shape index (κ1) is 19.0. The van der Waals surface area contributed by atoms with Gasteiger partial charge in [-0.15, -0.1) is 11.3 Å². The van der Waals surface area contributed by atoms with Gasteiger partial charge in [-0.05, 0) is 6.42 Å². The second kappa shape index (κ2) is 8.35. The van der Waals surface area contributed by atoms with Crippen LogP contribution in [0.15, 0.2) is 12.4 Å². The summed E-state index contributed by atoms with van der Waals surface area (Å²) >= 11 is 1.53. The molecule has 2 aliphatic heterocycles. The fourth-order valence-corrected chi connectivity index (χ4v) is 4.01. The lowest BCUT2D eigenvalue weighted by Crippen LogP contribution is -2.42. The molecule has 0 spiro atoms. The first-order valence-electron chi connectivity index (χ1n) is 9.16. The van der Waals surface area contributed by atoms with Crippen molar-refractivity contribution < 1.29 is 14.6 Å². The molecule has 4 heterocycles. The number of anilines is 2. The fourth-order valence-electron chi connectivity index (χ4n) is 3.18. The molecule has 1 atom stereocenters. The van der Waals surface area contributed by atoms with E-state index in [1.807, 2.05) is 0 Å². The Morgan fingerprint density at radius 1 is 1.46 bits per heavy atom. The fraction of sp³-hybridized carbons (Fsp3) is 0.529. The predicted molar refractivity (Wildman–Crippen MR) is 104 cm³/mol. The third kappa shape index (κ3) is 4.55. The Morgan fingerprint density at radius 2 is 2.32 bits per heavy atom. The molecule has 0 bridgehead atoms. The van der Waals surface area contributed by atoms with Gasteiger partial charge < -0.3 is 26.2 Å². The minimum Gasteiger partial charge on any atom is -0.390 e. The molecule has 11 heteroatoms. The number of β-amino-alcohol motifs (C(OH)–C–C–N with tert-alkyl or cyclic N) is 1. The minimum atomic E-state index is -0.687. The number of carbonyl (C=O) groups is 1. The first-order chi connectivity index (χ1) is 13.6. The number of hydrogen-bond donors (Lipinski definition) is 4. The molecule has 28 heavy (non-hydrogen) atoms. The van der Waals surface area contributed by atoms with Crippen molar-refractivity contribution in [2.45, 2.75) is 25.1 Å². The van der Waals surface area contributed by atoms with Crippen molar-refractivity contribution in [3.63, 3.8) is 0 Å². The molecular weight excluding hydrogens is 382 g/mol. The average molecular weight is 405 g/mol. The number of amides is 1. The number of nitrogens with zero attached hydrogens (tertiary/aromatic N) is 4. The van der Waals surface area contributed by atoms with Crippen LogP contribution in [0.3, 0.4) is 0 Å². The predicted octanol–water partition coefficient (Wildman–Crippen LogP) is -0.525. The number of carbonyl (C=O) groups excluding carboxylic acids is 1. The number of nitrogens with one attached hydrogen (secondary N) is 2. The summed E-state index contributed by atoms with van der Waals surface area (Å²) in [4.78, 5) is 28.1. The Morgan fingerprint density at radius 3 is 3.11 bits per heavy atom. The Balaban J connectivity index is 1.25. The van der Waals surface area contributed by atoms with Crippen LogP contribution in [0.25, 0.3) is 0 Å². The Labute approximate surface area is 166 Å². The standard InChI is InChI=1S/C17H23N7O3S/c18-17-23-13-6-24(2-1-14(13)28-17)5-11(25)4-19-16(26)12-3-15(21-9-20-12)22-10-7-27-8-10/h3,9-11,25H,1-2,4-8H2,(H2,18,23)(H,19,26)(H,20,21,22). The van der Waals surface area contributed by atoms with E-state index in [0.29, 0.717) is 37.3 Å². The van der Waals surface area contributed by atoms with Crippen LogP contribution >= 0.6 is 11.3 Å². The number of ether oxygens (including phenoxy) is 1. The second-order valence-electron chi connectivity index (χ2n) is 6.94. The van der Waals surface area contributed by atoms with Gasteiger partial charge in [0.15, 0.2) is 5.13 Å². The molecule has 5 N–H and O–H groups in total. The smallest absolute Gasteiger partial charge is 0.270 e. The summed E-state index contributed by atoms with van der Waals surface area (Å²) in [5, 5.41) is 16.8. The molecule has 0 saturated carbocycles. The van der Waals surface area contributed by atoms with Crippen LogP contribution in [-0.4, -0.2) is 75.9 Å². The first-order valence-corrected chi connectivity index (χ1v) is 9.97. The molecular formula is C17H23N7O3S. The highest BCUT2D eigenvalue weighted by Gasteiger charge is 2.23. The molecule has 0 aliphatic carbocycles. The number of nitrogens with two attached hydrogens (primary N) is 1. The van der Waals surface area contributed by atoms with Crippen molar-refractivity contribution in [3.05, 3.63) is 28.7 Å². The monoisotopic (exact) mass is 405 g/mol. The van der Waals surface area contributed by atoms with Crippen LogP contribution in [-0.2, 0) is 17.7 Å². The maximum atomic E-state index is 12.3. The summed E-state index contributed by atoms with van der Waals surface area (Å²) in [5.74, 6) is 0.239. The van der Waals surface area contributed by atoms with E-state index in [2.05, 4.69) is 30.5 Å². The second-order valence-corrected chi connectivity index (χ2v) is 8.05. The normalized spacial score (nSPS) is 18.2. The van der Waals surface area contributed by atoms with Crippen LogP contribution in [0.2, 0.25) is 0 Å². The van der Waals surface area contributed by atoms with Gasteiger partial charge in [0.25, 0.3) is 5.91 Å². The van der Waals surface area contributed by atoms with Gasteiger partial charge >= 0.3 is 0 Å². The zero-order chi connectivity index (χ0) is 19.5. The zero-order valence-corrected chi connectivity index (χ0v) is 16.1. The number of thiazole rings is 1. The highest BCUT2D eigenvalue weighted by molar-refractivity contribution is 7.15. The molecule has 1 unspecified atom stereocenters. The molecule has 0 aromatic carbocycles. The Bertz CT molecular complexity index is 842. The molecule has 1 saturated heterocycles. The Kier molecular flexibility index (Phi) is 5.67. The molecule has 1 amide bonds. The van der Waals surface area contributed by atoms with E-state index in [1.165, 1.54) is 22.5 Å². The maximum Gasteiger partial charge on any atom is 0.270 e. The number of fused-ring (bicyclic) bond motifs is 1. The molecule has 2 aromatic rings. The van der Waals surface area contributed by atoms with Crippen molar-refractivity contribution in [1.82, 2.24) is 25.2 Å². The van der Waals surface area contributed by atoms with Gasteiger partial charge in [0.2, 0.25) is 0 Å². The number of hydrogen-bond acceptors (Lipinski definition) is 10. The lowest BCUT2D eigenvalue weighted by molar-refractivity contribution is 0.0209. The summed E-state index contributed by atoms with van der Waals surface area (Å²) in [5.41, 5.74) is 7.00. The summed E-state index contributed by atoms with van der Waals surface area (Å²) in [6.07, 6.45) is 1.54. The van der Waals surface area contributed by atoms with Crippen molar-refractivity contribution in [2.24, 2.45) is 0 Å². The number of nitrogen functional groups attached to an aromatic ring is 1. The molecule has 2 aromatic heterocycles. The summed E-state index contributed by atoms with van der Waals surface area (Å²) in [6, 6.07) is 1.81. The molecule has 4 rings (SSSR count). The van der Waals surface area contributed by atoms with E-state index in [9.17, 15) is 9.90 Å². The summed E-state index contributed by atoms with van der Waals surface area (Å²) in [7, 11) is 0. The van der Waals surface area contributed by atoms with Crippen LogP contribution in [0.4, 0.5) is 10.9 Å². The van der Waals surface area contributed by atoms with Gasteiger partial charge in [0.05, 0.1) is 31.1 Å². The van der Waals surface area contributed by atoms with Crippen LogP contribution in [0.5, 0.6) is 0 Å². The van der Waals surface area contributed by atoms with E-state index >= 15 is 0 Å². The van der Waals surface area contributed by atoms with E-state index in [-0.39, 0.29) is 24.2 Å². The molecule has 2 aliphatic rings. The topological polar surface area (TPSA) is 139 Å².